The molecular weight excluding hydrogens is 455 g/mol. The third-order valence-corrected chi connectivity index (χ3v) is 5.51. The molecule has 0 bridgehead atoms. The maximum atomic E-state index is 12.7. The number of amides is 1. The van der Waals surface area contributed by atoms with Gasteiger partial charge in [-0.05, 0) is 31.2 Å². The Bertz CT molecular complexity index is 1110. The third kappa shape index (κ3) is 4.80. The van der Waals surface area contributed by atoms with Gasteiger partial charge in [-0.1, -0.05) is 23.7 Å². The summed E-state index contributed by atoms with van der Waals surface area (Å²) < 4.78 is 65.2. The number of anilines is 2. The second kappa shape index (κ2) is 8.08. The molecule has 2 aromatic carbocycles. The average Bonchev–Trinajstić information content (AvgIpc) is 2.62. The van der Waals surface area contributed by atoms with E-state index >= 15 is 0 Å². The Hall–Kier alpha value is -2.90. The largest absolute Gasteiger partial charge is 0.426 e. The number of nitro benzene ring substituents is 1. The lowest BCUT2D eigenvalue weighted by atomic mass is 10.1. The lowest BCUT2D eigenvalue weighted by Gasteiger charge is -2.25. The minimum atomic E-state index is -5.26. The normalized spacial score (nSPS) is 13.9. The molecule has 0 radical (unpaired) electrons. The highest BCUT2D eigenvalue weighted by atomic mass is 35.5. The van der Waals surface area contributed by atoms with Crippen LogP contribution in [0.4, 0.5) is 30.2 Å². The van der Waals surface area contributed by atoms with Crippen molar-refractivity contribution < 1.29 is 36.4 Å². The molecule has 0 fully saturated rings. The highest BCUT2D eigenvalue weighted by molar-refractivity contribution is 7.92. The molecule has 162 valence electrons. The van der Waals surface area contributed by atoms with Crippen LogP contribution >= 0.6 is 11.6 Å². The van der Waals surface area contributed by atoms with E-state index in [1.807, 2.05) is 4.72 Å². The number of rotatable bonds is 6. The van der Waals surface area contributed by atoms with Gasteiger partial charge in [0.15, 0.2) is 0 Å². The third-order valence-electron chi connectivity index (χ3n) is 3.84. The number of halogens is 4. The first-order chi connectivity index (χ1) is 13.7. The summed E-state index contributed by atoms with van der Waals surface area (Å²) >= 11 is 5.85. The molecule has 0 aliphatic carbocycles. The number of benzene rings is 2. The van der Waals surface area contributed by atoms with Crippen LogP contribution in [0.3, 0.4) is 0 Å². The summed E-state index contributed by atoms with van der Waals surface area (Å²) in [5.74, 6) is -1.83. The zero-order valence-electron chi connectivity index (χ0n) is 14.9. The summed E-state index contributed by atoms with van der Waals surface area (Å²) in [4.78, 5) is 21.5. The van der Waals surface area contributed by atoms with Crippen molar-refractivity contribution in [2.45, 2.75) is 23.6 Å². The lowest BCUT2D eigenvalue weighted by molar-refractivity contribution is -0.383. The van der Waals surface area contributed by atoms with Crippen LogP contribution in [0.1, 0.15) is 6.92 Å². The van der Waals surface area contributed by atoms with Crippen LogP contribution in [0.5, 0.6) is 0 Å². The number of nitrogens with zero attached hydrogens (tertiary/aromatic N) is 1. The fraction of sp³-hybridized carbons (Fsp3) is 0.188. The Morgan fingerprint density at radius 1 is 1.17 bits per heavy atom. The quantitative estimate of drug-likeness (QED) is 0.440. The first kappa shape index (κ1) is 23.4. The van der Waals surface area contributed by atoms with Gasteiger partial charge >= 0.3 is 6.18 Å². The molecule has 9 nitrogen and oxygen atoms in total. The summed E-state index contributed by atoms with van der Waals surface area (Å²) in [7, 11) is -4.37. The van der Waals surface area contributed by atoms with Crippen LogP contribution in [-0.4, -0.2) is 36.1 Å². The van der Waals surface area contributed by atoms with Crippen LogP contribution in [0.25, 0.3) is 0 Å². The Labute approximate surface area is 172 Å². The molecule has 0 saturated heterocycles. The van der Waals surface area contributed by atoms with Crippen molar-refractivity contribution >= 4 is 44.6 Å². The number of sulfonamides is 1. The van der Waals surface area contributed by atoms with E-state index in [1.165, 1.54) is 12.1 Å². The van der Waals surface area contributed by atoms with Crippen molar-refractivity contribution in [3.63, 3.8) is 0 Å². The Morgan fingerprint density at radius 2 is 1.77 bits per heavy atom. The van der Waals surface area contributed by atoms with Gasteiger partial charge in [-0.3, -0.25) is 19.6 Å². The van der Waals surface area contributed by atoms with Crippen LogP contribution in [0.15, 0.2) is 47.4 Å². The highest BCUT2D eigenvalue weighted by Crippen LogP contribution is 2.33. The van der Waals surface area contributed by atoms with Crippen LogP contribution in [-0.2, 0) is 14.8 Å². The highest BCUT2D eigenvalue weighted by Gasteiger charge is 2.55. The van der Waals surface area contributed by atoms with Crippen molar-refractivity contribution in [1.82, 2.24) is 0 Å². The van der Waals surface area contributed by atoms with E-state index in [2.05, 4.69) is 0 Å². The lowest BCUT2D eigenvalue weighted by Crippen LogP contribution is -2.52. The number of aliphatic hydroxyl groups is 1. The zero-order valence-corrected chi connectivity index (χ0v) is 16.5. The van der Waals surface area contributed by atoms with Crippen molar-refractivity contribution in [2.24, 2.45) is 0 Å². The van der Waals surface area contributed by atoms with Crippen LogP contribution in [0, 0.1) is 10.1 Å². The fourth-order valence-corrected chi connectivity index (χ4v) is 3.45. The average molecular weight is 468 g/mol. The summed E-state index contributed by atoms with van der Waals surface area (Å²) in [5, 5.41) is 21.7. The minimum absolute atomic E-state index is 0.242. The molecule has 0 aliphatic heterocycles. The predicted molar refractivity (Wildman–Crippen MR) is 101 cm³/mol. The van der Waals surface area contributed by atoms with E-state index in [9.17, 15) is 41.6 Å². The Morgan fingerprint density at radius 3 is 2.30 bits per heavy atom. The van der Waals surface area contributed by atoms with E-state index < -0.39 is 53.9 Å². The molecule has 1 atom stereocenters. The topological polar surface area (TPSA) is 139 Å². The van der Waals surface area contributed by atoms with Crippen molar-refractivity contribution in [3.05, 3.63) is 57.6 Å². The molecule has 30 heavy (non-hydrogen) atoms. The summed E-state index contributed by atoms with van der Waals surface area (Å²) in [5.41, 5.74) is -4.94. The molecule has 14 heteroatoms. The van der Waals surface area contributed by atoms with Crippen LogP contribution < -0.4 is 10.0 Å². The van der Waals surface area contributed by atoms with Gasteiger partial charge in [-0.15, -0.1) is 0 Å². The Balaban J connectivity index is 2.31. The molecule has 0 aromatic heterocycles. The number of alkyl halides is 3. The summed E-state index contributed by atoms with van der Waals surface area (Å²) in [6, 6.07) is 7.56. The fourth-order valence-electron chi connectivity index (χ4n) is 2.06. The smallest absolute Gasteiger partial charge is 0.373 e. The maximum Gasteiger partial charge on any atom is 0.426 e. The van der Waals surface area contributed by atoms with Gasteiger partial charge in [0.25, 0.3) is 21.6 Å². The second-order valence-corrected chi connectivity index (χ2v) is 8.14. The second-order valence-electron chi connectivity index (χ2n) is 6.05. The number of nitrogens with one attached hydrogen (secondary N) is 2. The first-order valence-electron chi connectivity index (χ1n) is 7.83. The molecule has 2 rings (SSSR count). The molecule has 0 unspecified atom stereocenters. The van der Waals surface area contributed by atoms with Gasteiger partial charge in [-0.25, -0.2) is 8.42 Å². The van der Waals surface area contributed by atoms with E-state index in [-0.39, 0.29) is 12.6 Å². The number of carbonyl (C=O) groups excluding carboxylic acids is 1. The van der Waals surface area contributed by atoms with Gasteiger partial charge in [0, 0.05) is 6.07 Å². The predicted octanol–water partition coefficient (Wildman–Crippen LogP) is 3.30. The molecular formula is C16H13ClF3N3O6S. The first-order valence-corrected chi connectivity index (χ1v) is 9.69. The van der Waals surface area contributed by atoms with E-state index in [0.29, 0.717) is 0 Å². The molecule has 0 spiro atoms. The van der Waals surface area contributed by atoms with Gasteiger partial charge in [0.2, 0.25) is 5.60 Å². The van der Waals surface area contributed by atoms with Crippen molar-refractivity contribution in [2.75, 3.05) is 10.0 Å². The van der Waals surface area contributed by atoms with Gasteiger partial charge in [0.05, 0.1) is 20.5 Å². The van der Waals surface area contributed by atoms with Crippen LogP contribution in [0.2, 0.25) is 5.02 Å². The number of para-hydroxylation sites is 2. The number of hydrogen-bond acceptors (Lipinski definition) is 6. The molecule has 1 amide bonds. The Kier molecular flexibility index (Phi) is 6.30. The van der Waals surface area contributed by atoms with Gasteiger partial charge < -0.3 is 10.4 Å². The molecule has 3 N–H and O–H groups in total. The summed E-state index contributed by atoms with van der Waals surface area (Å²) in [6.45, 7) is 0.242. The SMILES string of the molecule is C[C@@](O)(C(=O)Nc1ccc(S(=O)(=O)Nc2ccccc2[N+](=O)[O-])cc1Cl)C(F)(F)F. The number of hydrogen-bond donors (Lipinski definition) is 3. The molecule has 2 aromatic rings. The number of nitro groups is 1. The zero-order chi connectivity index (χ0) is 22.9. The van der Waals surface area contributed by atoms with E-state index in [4.69, 9.17) is 11.6 Å². The maximum absolute atomic E-state index is 12.7. The molecule has 0 heterocycles. The monoisotopic (exact) mass is 467 g/mol. The van der Waals surface area contributed by atoms with E-state index in [0.717, 1.165) is 30.3 Å². The van der Waals surface area contributed by atoms with Crippen molar-refractivity contribution in [1.29, 1.82) is 0 Å². The van der Waals surface area contributed by atoms with Crippen molar-refractivity contribution in [3.8, 4) is 0 Å². The van der Waals surface area contributed by atoms with Gasteiger partial charge in [-0.2, -0.15) is 13.2 Å². The minimum Gasteiger partial charge on any atom is -0.373 e. The molecule has 0 aliphatic rings. The summed E-state index contributed by atoms with van der Waals surface area (Å²) in [6.07, 6.45) is -5.26. The number of carbonyl (C=O) groups is 1. The van der Waals surface area contributed by atoms with E-state index in [1.54, 1.807) is 5.32 Å². The van der Waals surface area contributed by atoms with Gasteiger partial charge in [0.1, 0.15) is 5.69 Å². The molecule has 0 saturated carbocycles. The standard InChI is InChI=1S/C16H13ClF3N3O6S/c1-15(25,16(18,19)20)14(24)21-11-7-6-9(8-10(11)17)30(28,29)22-12-4-2-3-5-13(12)23(26)27/h2-8,22,25H,1H3,(H,21,24)/t15-/m1/s1.